The third-order valence-electron chi connectivity index (χ3n) is 5.05. The topological polar surface area (TPSA) is 24.3 Å². The molecule has 2 aliphatic rings. The van der Waals surface area contributed by atoms with E-state index in [1.54, 1.807) is 0 Å². The van der Waals surface area contributed by atoms with Crippen molar-refractivity contribution in [1.82, 2.24) is 19.6 Å². The average Bonchev–Trinajstić information content (AvgIpc) is 3.07. The number of aryl methyl sites for hydroxylation is 1. The van der Waals surface area contributed by atoms with Crippen molar-refractivity contribution in [3.05, 3.63) is 53.9 Å². The van der Waals surface area contributed by atoms with Crippen LogP contribution in [0.15, 0.2) is 42.7 Å². The fraction of sp³-hybridized carbons (Fsp3) is 0.500. The smallest absolute Gasteiger partial charge is 0.0534 e. The van der Waals surface area contributed by atoms with Crippen molar-refractivity contribution >= 4 is 0 Å². The molecule has 0 N–H and O–H groups in total. The summed E-state index contributed by atoms with van der Waals surface area (Å²) in [7, 11) is 1.99. The maximum absolute atomic E-state index is 4.27. The Morgan fingerprint density at radius 2 is 1.73 bits per heavy atom. The summed E-state index contributed by atoms with van der Waals surface area (Å²) in [6, 6.07) is 10.8. The van der Waals surface area contributed by atoms with Gasteiger partial charge in [0.05, 0.1) is 6.20 Å². The van der Waals surface area contributed by atoms with Crippen molar-refractivity contribution in [2.45, 2.75) is 19.5 Å². The van der Waals surface area contributed by atoms with Gasteiger partial charge in [-0.2, -0.15) is 5.10 Å². The monoisotopic (exact) mass is 296 g/mol. The Balaban J connectivity index is 1.29. The summed E-state index contributed by atoms with van der Waals surface area (Å²) >= 11 is 0. The van der Waals surface area contributed by atoms with E-state index in [1.165, 1.54) is 43.7 Å². The largest absolute Gasteiger partial charge is 0.298 e. The molecule has 22 heavy (non-hydrogen) atoms. The zero-order chi connectivity index (χ0) is 15.0. The third-order valence-corrected chi connectivity index (χ3v) is 5.05. The number of hydrogen-bond acceptors (Lipinski definition) is 3. The quantitative estimate of drug-likeness (QED) is 0.864. The van der Waals surface area contributed by atoms with E-state index in [-0.39, 0.29) is 0 Å². The van der Waals surface area contributed by atoms with Gasteiger partial charge >= 0.3 is 0 Å². The van der Waals surface area contributed by atoms with E-state index in [1.807, 2.05) is 17.9 Å². The Hall–Kier alpha value is -1.65. The molecule has 1 spiro atoms. The van der Waals surface area contributed by atoms with Crippen LogP contribution in [0.2, 0.25) is 0 Å². The Labute approximate surface area is 132 Å². The number of nitrogens with zero attached hydrogens (tertiary/aromatic N) is 4. The van der Waals surface area contributed by atoms with Gasteiger partial charge in [-0.1, -0.05) is 30.3 Å². The lowest BCUT2D eigenvalue weighted by Gasteiger charge is -2.48. The van der Waals surface area contributed by atoms with Gasteiger partial charge in [-0.3, -0.25) is 14.5 Å². The first-order chi connectivity index (χ1) is 10.7. The molecule has 0 saturated carbocycles. The van der Waals surface area contributed by atoms with Crippen LogP contribution in [0.5, 0.6) is 0 Å². The molecule has 0 unspecified atom stereocenters. The van der Waals surface area contributed by atoms with E-state index in [2.05, 4.69) is 51.4 Å². The average molecular weight is 296 g/mol. The molecule has 0 amide bonds. The second kappa shape index (κ2) is 5.52. The van der Waals surface area contributed by atoms with Gasteiger partial charge in [0.15, 0.2) is 0 Å². The van der Waals surface area contributed by atoms with Crippen molar-refractivity contribution in [3.63, 3.8) is 0 Å². The number of benzene rings is 1. The van der Waals surface area contributed by atoms with Crippen LogP contribution in [0, 0.1) is 5.41 Å². The summed E-state index contributed by atoms with van der Waals surface area (Å²) < 4.78 is 1.89. The summed E-state index contributed by atoms with van der Waals surface area (Å²) in [5, 5.41) is 4.27. The summed E-state index contributed by atoms with van der Waals surface area (Å²) in [6.45, 7) is 7.14. The van der Waals surface area contributed by atoms with E-state index >= 15 is 0 Å². The molecule has 3 heterocycles. The van der Waals surface area contributed by atoms with Gasteiger partial charge in [0, 0.05) is 56.9 Å². The highest BCUT2D eigenvalue weighted by molar-refractivity contribution is 5.16. The molecule has 4 rings (SSSR count). The zero-order valence-electron chi connectivity index (χ0n) is 13.3. The van der Waals surface area contributed by atoms with Crippen LogP contribution < -0.4 is 0 Å². The third kappa shape index (κ3) is 2.81. The van der Waals surface area contributed by atoms with E-state index in [0.717, 1.165) is 13.1 Å². The van der Waals surface area contributed by atoms with E-state index in [9.17, 15) is 0 Å². The Kier molecular flexibility index (Phi) is 3.51. The van der Waals surface area contributed by atoms with Crippen molar-refractivity contribution in [2.75, 3.05) is 26.2 Å². The van der Waals surface area contributed by atoms with Crippen LogP contribution in [0.1, 0.15) is 17.5 Å². The second-order valence-electron chi connectivity index (χ2n) is 7.11. The fourth-order valence-corrected chi connectivity index (χ4v) is 4.09. The number of likely N-dealkylation sites (tertiary alicyclic amines) is 2. The highest BCUT2D eigenvalue weighted by Crippen LogP contribution is 2.40. The van der Waals surface area contributed by atoms with Gasteiger partial charge in [-0.05, 0) is 18.5 Å². The molecule has 0 aliphatic carbocycles. The minimum absolute atomic E-state index is 0.553. The Bertz CT molecular complexity index is 628. The summed E-state index contributed by atoms with van der Waals surface area (Å²) in [5.74, 6) is 0. The van der Waals surface area contributed by atoms with Gasteiger partial charge < -0.3 is 0 Å². The zero-order valence-corrected chi connectivity index (χ0v) is 13.3. The summed E-state index contributed by atoms with van der Waals surface area (Å²) in [6.07, 6.45) is 5.47. The van der Waals surface area contributed by atoms with Gasteiger partial charge in [-0.25, -0.2) is 0 Å². The molecule has 4 nitrogen and oxygen atoms in total. The molecule has 1 aromatic heterocycles. The molecule has 1 aromatic carbocycles. The van der Waals surface area contributed by atoms with E-state index in [0.29, 0.717) is 5.41 Å². The van der Waals surface area contributed by atoms with Crippen LogP contribution in [-0.4, -0.2) is 45.8 Å². The highest BCUT2D eigenvalue weighted by atomic mass is 15.3. The summed E-state index contributed by atoms with van der Waals surface area (Å²) in [5.41, 5.74) is 3.32. The molecule has 0 radical (unpaired) electrons. The number of aromatic nitrogens is 2. The van der Waals surface area contributed by atoms with Crippen LogP contribution in [0.25, 0.3) is 0 Å². The summed E-state index contributed by atoms with van der Waals surface area (Å²) in [4.78, 5) is 5.18. The number of rotatable bonds is 4. The van der Waals surface area contributed by atoms with Gasteiger partial charge in [-0.15, -0.1) is 0 Å². The van der Waals surface area contributed by atoms with Crippen LogP contribution >= 0.6 is 0 Å². The van der Waals surface area contributed by atoms with E-state index in [4.69, 9.17) is 0 Å². The molecule has 116 valence electrons. The predicted octanol–water partition coefficient (Wildman–Crippen LogP) is 2.13. The predicted molar refractivity (Wildman–Crippen MR) is 87.3 cm³/mol. The normalized spacial score (nSPS) is 21.3. The van der Waals surface area contributed by atoms with Crippen LogP contribution in [0.3, 0.4) is 0 Å². The lowest BCUT2D eigenvalue weighted by molar-refractivity contribution is 0.00161. The molecular weight excluding hydrogens is 272 g/mol. The van der Waals surface area contributed by atoms with E-state index < -0.39 is 0 Å². The van der Waals surface area contributed by atoms with Crippen molar-refractivity contribution < 1.29 is 0 Å². The molecule has 2 fully saturated rings. The Morgan fingerprint density at radius 3 is 2.45 bits per heavy atom. The first kappa shape index (κ1) is 14.0. The molecule has 0 bridgehead atoms. The molecule has 2 aromatic rings. The molecule has 2 saturated heterocycles. The molecular formula is C18H24N4. The SMILES string of the molecule is Cn1cc(CN2CCC3(C2)CN(Cc2ccccc2)C3)cn1. The molecule has 2 aliphatic heterocycles. The minimum Gasteiger partial charge on any atom is -0.298 e. The lowest BCUT2D eigenvalue weighted by atomic mass is 9.79. The van der Waals surface area contributed by atoms with Crippen molar-refractivity contribution in [2.24, 2.45) is 12.5 Å². The standard InChI is InChI=1S/C18H24N4/c1-20-10-17(9-19-20)12-21-8-7-18(13-21)14-22(15-18)11-16-5-3-2-4-6-16/h2-6,9-10H,7-8,11-15H2,1H3. The van der Waals surface area contributed by atoms with Crippen LogP contribution in [-0.2, 0) is 20.1 Å². The first-order valence-corrected chi connectivity index (χ1v) is 8.17. The lowest BCUT2D eigenvalue weighted by Crippen LogP contribution is -2.56. The Morgan fingerprint density at radius 1 is 1.00 bits per heavy atom. The van der Waals surface area contributed by atoms with Gasteiger partial charge in [0.25, 0.3) is 0 Å². The molecule has 4 heteroatoms. The maximum atomic E-state index is 4.27. The molecule has 0 atom stereocenters. The van der Waals surface area contributed by atoms with Gasteiger partial charge in [0.1, 0.15) is 0 Å². The highest BCUT2D eigenvalue weighted by Gasteiger charge is 2.47. The van der Waals surface area contributed by atoms with Crippen molar-refractivity contribution in [3.8, 4) is 0 Å². The van der Waals surface area contributed by atoms with Gasteiger partial charge in [0.2, 0.25) is 0 Å². The minimum atomic E-state index is 0.553. The maximum Gasteiger partial charge on any atom is 0.0534 e. The van der Waals surface area contributed by atoms with Crippen LogP contribution in [0.4, 0.5) is 0 Å². The number of hydrogen-bond donors (Lipinski definition) is 0. The van der Waals surface area contributed by atoms with Crippen molar-refractivity contribution in [1.29, 1.82) is 0 Å². The fourth-order valence-electron chi connectivity index (χ4n) is 4.09. The first-order valence-electron chi connectivity index (χ1n) is 8.17. The second-order valence-corrected chi connectivity index (χ2v) is 7.11.